The number of hydrogen-bond acceptors (Lipinski definition) is 2. The van der Waals surface area contributed by atoms with Gasteiger partial charge in [0, 0.05) is 5.92 Å². The molecule has 1 saturated heterocycles. The molecule has 2 aliphatic carbocycles. The number of carbonyl (C=O) groups is 1. The highest BCUT2D eigenvalue weighted by molar-refractivity contribution is 5.75. The van der Waals surface area contributed by atoms with E-state index in [1.807, 2.05) is 20.8 Å². The van der Waals surface area contributed by atoms with Gasteiger partial charge in [-0.15, -0.1) is 6.58 Å². The van der Waals surface area contributed by atoms with Crippen LogP contribution in [0.1, 0.15) is 66.2 Å². The summed E-state index contributed by atoms with van der Waals surface area (Å²) in [5.41, 5.74) is 0. The lowest BCUT2D eigenvalue weighted by atomic mass is 9.63. The van der Waals surface area contributed by atoms with Crippen LogP contribution in [0.15, 0.2) is 12.7 Å². The summed E-state index contributed by atoms with van der Waals surface area (Å²) in [6.45, 7) is 11.3. The summed E-state index contributed by atoms with van der Waals surface area (Å²) in [4.78, 5) is 11.7. The fourth-order valence-electron chi connectivity index (χ4n) is 4.07. The Morgan fingerprint density at radius 1 is 1.15 bits per heavy atom. The van der Waals surface area contributed by atoms with Gasteiger partial charge in [0.25, 0.3) is 0 Å². The lowest BCUT2D eigenvalue weighted by molar-refractivity contribution is -0.144. The zero-order valence-corrected chi connectivity index (χ0v) is 13.7. The monoisotopic (exact) mass is 280 g/mol. The fourth-order valence-corrected chi connectivity index (χ4v) is 4.07. The number of ether oxygens (including phenoxy) is 1. The molecule has 20 heavy (non-hydrogen) atoms. The van der Waals surface area contributed by atoms with E-state index in [4.69, 9.17) is 4.74 Å². The minimum Gasteiger partial charge on any atom is -0.462 e. The van der Waals surface area contributed by atoms with E-state index in [0.29, 0.717) is 5.92 Å². The van der Waals surface area contributed by atoms with Gasteiger partial charge in [-0.1, -0.05) is 45.6 Å². The standard InChI is InChI=1S/C13H20O2.C3H6.C2H6/c1-8-11-6-9-4-2-3-5-10(9)7-12(11)13(14)15-8;1-3-2;1-2/h8-12H,2-7H2,1H3;3H,1H2,2H3;1-2H3. The average Bonchev–Trinajstić information content (AvgIpc) is 2.75. The Morgan fingerprint density at radius 2 is 1.65 bits per heavy atom. The number of fused-ring (bicyclic) bond motifs is 2. The van der Waals surface area contributed by atoms with Gasteiger partial charge in [-0.05, 0) is 38.5 Å². The number of allylic oxidation sites excluding steroid dienone is 1. The average molecular weight is 280 g/mol. The molecule has 116 valence electrons. The highest BCUT2D eigenvalue weighted by Gasteiger charge is 2.48. The number of hydrogen-bond donors (Lipinski definition) is 0. The van der Waals surface area contributed by atoms with Crippen LogP contribution in [-0.2, 0) is 9.53 Å². The molecule has 5 atom stereocenters. The van der Waals surface area contributed by atoms with Crippen LogP contribution in [0.2, 0.25) is 0 Å². The second-order valence-corrected chi connectivity index (χ2v) is 6.10. The smallest absolute Gasteiger partial charge is 0.309 e. The number of rotatable bonds is 0. The summed E-state index contributed by atoms with van der Waals surface area (Å²) < 4.78 is 5.38. The SMILES string of the molecule is C=CC.CC.CC1OC(=O)C2CC3CCCCC3CC12. The van der Waals surface area contributed by atoms with E-state index in [2.05, 4.69) is 13.5 Å². The Morgan fingerprint density at radius 3 is 2.20 bits per heavy atom. The lowest BCUT2D eigenvalue weighted by Crippen LogP contribution is -2.35. The van der Waals surface area contributed by atoms with Gasteiger partial charge in [0.2, 0.25) is 0 Å². The second kappa shape index (κ2) is 8.49. The van der Waals surface area contributed by atoms with Gasteiger partial charge in [0.1, 0.15) is 6.10 Å². The molecule has 0 aromatic rings. The van der Waals surface area contributed by atoms with Gasteiger partial charge in [-0.2, -0.15) is 0 Å². The van der Waals surface area contributed by atoms with Crippen molar-refractivity contribution in [2.75, 3.05) is 0 Å². The van der Waals surface area contributed by atoms with Gasteiger partial charge < -0.3 is 4.74 Å². The zero-order valence-electron chi connectivity index (χ0n) is 13.7. The van der Waals surface area contributed by atoms with Crippen molar-refractivity contribution in [1.29, 1.82) is 0 Å². The summed E-state index contributed by atoms with van der Waals surface area (Å²) in [5.74, 6) is 2.61. The largest absolute Gasteiger partial charge is 0.462 e. The van der Waals surface area contributed by atoms with Crippen molar-refractivity contribution in [2.45, 2.75) is 72.3 Å². The Hall–Kier alpha value is -0.790. The first-order valence-electron chi connectivity index (χ1n) is 8.45. The highest BCUT2D eigenvalue weighted by atomic mass is 16.6. The molecule has 0 radical (unpaired) electrons. The first-order valence-corrected chi connectivity index (χ1v) is 8.45. The molecule has 3 rings (SSSR count). The van der Waals surface area contributed by atoms with E-state index in [9.17, 15) is 4.79 Å². The summed E-state index contributed by atoms with van der Waals surface area (Å²) in [7, 11) is 0. The molecule has 0 amide bonds. The van der Waals surface area contributed by atoms with Gasteiger partial charge in [0.05, 0.1) is 5.92 Å². The Bertz CT molecular complexity index is 311. The fraction of sp³-hybridized carbons (Fsp3) is 0.833. The third-order valence-corrected chi connectivity index (χ3v) is 4.92. The van der Waals surface area contributed by atoms with E-state index < -0.39 is 0 Å². The van der Waals surface area contributed by atoms with Gasteiger partial charge in [-0.25, -0.2) is 0 Å². The quantitative estimate of drug-likeness (QED) is 0.462. The number of cyclic esters (lactones) is 1. The normalized spacial score (nSPS) is 38.0. The molecule has 1 heterocycles. The maximum absolute atomic E-state index is 11.7. The molecule has 0 bridgehead atoms. The lowest BCUT2D eigenvalue weighted by Gasteiger charge is -2.40. The van der Waals surface area contributed by atoms with Crippen LogP contribution in [0.5, 0.6) is 0 Å². The Kier molecular flexibility index (Phi) is 7.32. The molecular weight excluding hydrogens is 248 g/mol. The summed E-state index contributed by atoms with van der Waals surface area (Å²) in [6.07, 6.45) is 9.85. The Labute approximate surface area is 125 Å². The van der Waals surface area contributed by atoms with Gasteiger partial charge in [0.15, 0.2) is 0 Å². The van der Waals surface area contributed by atoms with Crippen molar-refractivity contribution in [2.24, 2.45) is 23.7 Å². The van der Waals surface area contributed by atoms with Crippen LogP contribution in [0.3, 0.4) is 0 Å². The Balaban J connectivity index is 0.000000357. The minimum atomic E-state index is 0.0940. The molecule has 5 unspecified atom stereocenters. The molecule has 3 aliphatic rings. The van der Waals surface area contributed by atoms with E-state index in [1.165, 1.54) is 32.1 Å². The van der Waals surface area contributed by atoms with Gasteiger partial charge in [-0.3, -0.25) is 4.79 Å². The zero-order chi connectivity index (χ0) is 15.1. The van der Waals surface area contributed by atoms with E-state index in [1.54, 1.807) is 6.08 Å². The molecule has 0 spiro atoms. The highest BCUT2D eigenvalue weighted by Crippen LogP contribution is 2.49. The predicted octanol–water partition coefficient (Wildman–Crippen LogP) is 4.98. The number of carbonyl (C=O) groups excluding carboxylic acids is 1. The summed E-state index contributed by atoms with van der Waals surface area (Å²) in [6, 6.07) is 0. The predicted molar refractivity (Wildman–Crippen MR) is 84.4 cm³/mol. The van der Waals surface area contributed by atoms with E-state index in [-0.39, 0.29) is 18.0 Å². The van der Waals surface area contributed by atoms with E-state index >= 15 is 0 Å². The van der Waals surface area contributed by atoms with Crippen LogP contribution in [-0.4, -0.2) is 12.1 Å². The molecule has 0 aromatic carbocycles. The summed E-state index contributed by atoms with van der Waals surface area (Å²) in [5, 5.41) is 0. The molecule has 0 N–H and O–H groups in total. The minimum absolute atomic E-state index is 0.0940. The van der Waals surface area contributed by atoms with Crippen LogP contribution >= 0.6 is 0 Å². The molecule has 3 fully saturated rings. The summed E-state index contributed by atoms with van der Waals surface area (Å²) >= 11 is 0. The molecule has 2 nitrogen and oxygen atoms in total. The molecule has 0 aromatic heterocycles. The van der Waals surface area contributed by atoms with Crippen molar-refractivity contribution < 1.29 is 9.53 Å². The molecule has 1 aliphatic heterocycles. The maximum Gasteiger partial charge on any atom is 0.309 e. The van der Waals surface area contributed by atoms with Crippen LogP contribution in [0, 0.1) is 23.7 Å². The van der Waals surface area contributed by atoms with Crippen molar-refractivity contribution in [3.63, 3.8) is 0 Å². The van der Waals surface area contributed by atoms with Crippen molar-refractivity contribution >= 4 is 5.97 Å². The third kappa shape index (κ3) is 3.86. The first-order chi connectivity index (χ1) is 9.67. The van der Waals surface area contributed by atoms with Gasteiger partial charge >= 0.3 is 5.97 Å². The maximum atomic E-state index is 11.7. The topological polar surface area (TPSA) is 26.3 Å². The van der Waals surface area contributed by atoms with Crippen molar-refractivity contribution in [3.8, 4) is 0 Å². The van der Waals surface area contributed by atoms with Crippen LogP contribution in [0.4, 0.5) is 0 Å². The van der Waals surface area contributed by atoms with Crippen molar-refractivity contribution in [3.05, 3.63) is 12.7 Å². The number of esters is 1. The van der Waals surface area contributed by atoms with Crippen molar-refractivity contribution in [1.82, 2.24) is 0 Å². The molecule has 2 heteroatoms. The van der Waals surface area contributed by atoms with E-state index in [0.717, 1.165) is 18.3 Å². The van der Waals surface area contributed by atoms with Crippen LogP contribution in [0.25, 0.3) is 0 Å². The molecule has 2 saturated carbocycles. The molecular formula is C18H32O2. The second-order valence-electron chi connectivity index (χ2n) is 6.10. The van der Waals surface area contributed by atoms with Crippen LogP contribution < -0.4 is 0 Å². The first kappa shape index (κ1) is 17.3. The third-order valence-electron chi connectivity index (χ3n) is 4.92.